The second-order valence-corrected chi connectivity index (χ2v) is 4.29. The van der Waals surface area contributed by atoms with Gasteiger partial charge in [0.05, 0.1) is 10.0 Å². The number of carbonyl (C=O) groups is 1. The highest BCUT2D eigenvalue weighted by Gasteiger charge is 2.21. The van der Waals surface area contributed by atoms with Crippen molar-refractivity contribution in [3.63, 3.8) is 0 Å². The van der Waals surface area contributed by atoms with Gasteiger partial charge in [-0.05, 0) is 24.6 Å². The van der Waals surface area contributed by atoms with E-state index in [1.54, 1.807) is 30.1 Å². The van der Waals surface area contributed by atoms with E-state index < -0.39 is 12.0 Å². The van der Waals surface area contributed by atoms with Crippen LogP contribution in [0.25, 0.3) is 0 Å². The first-order valence-corrected chi connectivity index (χ1v) is 5.63. The summed E-state index contributed by atoms with van der Waals surface area (Å²) in [7, 11) is 1.72. The second kappa shape index (κ2) is 5.41. The van der Waals surface area contributed by atoms with Crippen LogP contribution in [0, 0.1) is 0 Å². The molecule has 0 aliphatic heterocycles. The van der Waals surface area contributed by atoms with Crippen LogP contribution >= 0.6 is 23.2 Å². The van der Waals surface area contributed by atoms with Gasteiger partial charge in [0.25, 0.3) is 0 Å². The predicted octanol–water partition coefficient (Wildman–Crippen LogP) is 3.29. The maximum Gasteiger partial charge on any atom is 0.326 e. The Morgan fingerprint density at radius 3 is 2.50 bits per heavy atom. The van der Waals surface area contributed by atoms with Crippen molar-refractivity contribution < 1.29 is 9.90 Å². The van der Waals surface area contributed by atoms with E-state index in [1.165, 1.54) is 0 Å². The first kappa shape index (κ1) is 13.1. The summed E-state index contributed by atoms with van der Waals surface area (Å²) in [5.41, 5.74) is 0.739. The first-order chi connectivity index (χ1) is 7.47. The zero-order chi connectivity index (χ0) is 12.3. The average molecular weight is 262 g/mol. The third-order valence-electron chi connectivity index (χ3n) is 2.45. The Morgan fingerprint density at radius 1 is 1.44 bits per heavy atom. The molecule has 0 saturated carbocycles. The molecule has 0 spiro atoms. The van der Waals surface area contributed by atoms with Gasteiger partial charge in [0, 0.05) is 12.7 Å². The predicted molar refractivity (Wildman–Crippen MR) is 66.6 cm³/mol. The smallest absolute Gasteiger partial charge is 0.326 e. The van der Waals surface area contributed by atoms with Crippen LogP contribution in [-0.2, 0) is 4.79 Å². The molecule has 0 bridgehead atoms. The molecule has 0 amide bonds. The Kier molecular flexibility index (Phi) is 4.44. The van der Waals surface area contributed by atoms with Crippen molar-refractivity contribution in [2.75, 3.05) is 11.9 Å². The van der Waals surface area contributed by atoms with Crippen LogP contribution in [0.4, 0.5) is 5.69 Å². The first-order valence-electron chi connectivity index (χ1n) is 4.88. The molecule has 0 fully saturated rings. The van der Waals surface area contributed by atoms with Crippen molar-refractivity contribution in [3.05, 3.63) is 28.2 Å². The quantitative estimate of drug-likeness (QED) is 0.905. The fourth-order valence-corrected chi connectivity index (χ4v) is 1.79. The number of carboxylic acids is 1. The number of benzene rings is 1. The van der Waals surface area contributed by atoms with Crippen LogP contribution < -0.4 is 4.90 Å². The van der Waals surface area contributed by atoms with E-state index in [0.717, 1.165) is 5.69 Å². The van der Waals surface area contributed by atoms with E-state index >= 15 is 0 Å². The normalized spacial score (nSPS) is 12.2. The van der Waals surface area contributed by atoms with Crippen molar-refractivity contribution in [1.29, 1.82) is 0 Å². The van der Waals surface area contributed by atoms with Gasteiger partial charge >= 0.3 is 5.97 Å². The van der Waals surface area contributed by atoms with Gasteiger partial charge in [-0.3, -0.25) is 0 Å². The number of anilines is 1. The van der Waals surface area contributed by atoms with Crippen molar-refractivity contribution in [2.45, 2.75) is 19.4 Å². The van der Waals surface area contributed by atoms with Crippen LogP contribution in [0.5, 0.6) is 0 Å². The van der Waals surface area contributed by atoms with Crippen molar-refractivity contribution in [1.82, 2.24) is 0 Å². The monoisotopic (exact) mass is 261 g/mol. The third kappa shape index (κ3) is 2.80. The summed E-state index contributed by atoms with van der Waals surface area (Å²) < 4.78 is 0. The highest BCUT2D eigenvalue weighted by molar-refractivity contribution is 6.42. The van der Waals surface area contributed by atoms with Gasteiger partial charge in [-0.25, -0.2) is 4.79 Å². The molecule has 0 radical (unpaired) electrons. The van der Waals surface area contributed by atoms with E-state index in [0.29, 0.717) is 16.5 Å². The molecule has 88 valence electrons. The molecular formula is C11H13Cl2NO2. The minimum absolute atomic E-state index is 0.422. The lowest BCUT2D eigenvalue weighted by Gasteiger charge is -2.26. The zero-order valence-electron chi connectivity index (χ0n) is 9.08. The van der Waals surface area contributed by atoms with Crippen LogP contribution in [0.3, 0.4) is 0 Å². The summed E-state index contributed by atoms with van der Waals surface area (Å²) in [5.74, 6) is -0.851. The molecule has 1 N–H and O–H groups in total. The summed E-state index contributed by atoms with van der Waals surface area (Å²) in [6, 6.07) is 4.51. The summed E-state index contributed by atoms with van der Waals surface area (Å²) in [6.07, 6.45) is 0.520. The van der Waals surface area contributed by atoms with Crippen LogP contribution in [0.2, 0.25) is 10.0 Å². The fourth-order valence-electron chi connectivity index (χ4n) is 1.50. The van der Waals surface area contributed by atoms with E-state index in [9.17, 15) is 4.79 Å². The number of halogens is 2. The van der Waals surface area contributed by atoms with E-state index in [1.807, 2.05) is 6.92 Å². The van der Waals surface area contributed by atoms with E-state index in [-0.39, 0.29) is 0 Å². The SMILES string of the molecule is CCC(C(=O)O)N(C)c1ccc(Cl)c(Cl)c1. The molecule has 1 atom stereocenters. The van der Waals surface area contributed by atoms with Crippen molar-refractivity contribution in [3.8, 4) is 0 Å². The molecule has 1 unspecified atom stereocenters. The Hall–Kier alpha value is -0.930. The lowest BCUT2D eigenvalue weighted by Crippen LogP contribution is -2.37. The number of nitrogens with zero attached hydrogens (tertiary/aromatic N) is 1. The molecule has 1 rings (SSSR count). The minimum atomic E-state index is -0.851. The maximum absolute atomic E-state index is 11.0. The highest BCUT2D eigenvalue weighted by Crippen LogP contribution is 2.27. The molecule has 0 aliphatic rings. The largest absolute Gasteiger partial charge is 0.480 e. The molecule has 0 aromatic heterocycles. The van der Waals surface area contributed by atoms with Gasteiger partial charge < -0.3 is 10.0 Å². The van der Waals surface area contributed by atoms with E-state index in [2.05, 4.69) is 0 Å². The van der Waals surface area contributed by atoms with Crippen molar-refractivity contribution >= 4 is 34.9 Å². The second-order valence-electron chi connectivity index (χ2n) is 3.47. The molecule has 16 heavy (non-hydrogen) atoms. The molecule has 3 nitrogen and oxygen atoms in total. The number of carboxylic acid groups (broad SMARTS) is 1. The van der Waals surface area contributed by atoms with Crippen molar-refractivity contribution in [2.24, 2.45) is 0 Å². The van der Waals surface area contributed by atoms with Gasteiger partial charge in [-0.1, -0.05) is 30.1 Å². The Bertz CT molecular complexity index is 396. The minimum Gasteiger partial charge on any atom is -0.480 e. The molecule has 1 aromatic carbocycles. The summed E-state index contributed by atoms with van der Waals surface area (Å²) in [6.45, 7) is 1.83. The molecule has 0 saturated heterocycles. The topological polar surface area (TPSA) is 40.5 Å². The Morgan fingerprint density at radius 2 is 2.06 bits per heavy atom. The van der Waals surface area contributed by atoms with Crippen LogP contribution in [0.1, 0.15) is 13.3 Å². The van der Waals surface area contributed by atoms with Gasteiger partial charge in [-0.2, -0.15) is 0 Å². The number of aliphatic carboxylic acids is 1. The van der Waals surface area contributed by atoms with Gasteiger partial charge in [0.15, 0.2) is 0 Å². The Labute approximate surface area is 105 Å². The number of likely N-dealkylation sites (N-methyl/N-ethyl adjacent to an activating group) is 1. The molecule has 5 heteroatoms. The molecule has 0 aliphatic carbocycles. The van der Waals surface area contributed by atoms with Gasteiger partial charge in [0.2, 0.25) is 0 Å². The summed E-state index contributed by atoms with van der Waals surface area (Å²) in [4.78, 5) is 12.7. The lowest BCUT2D eigenvalue weighted by molar-refractivity contribution is -0.138. The highest BCUT2D eigenvalue weighted by atomic mass is 35.5. The molecule has 1 aromatic rings. The standard InChI is InChI=1S/C11H13Cl2NO2/c1-3-10(11(15)16)14(2)7-4-5-8(12)9(13)6-7/h4-6,10H,3H2,1-2H3,(H,15,16). The van der Waals surface area contributed by atoms with Gasteiger partial charge in [-0.15, -0.1) is 0 Å². The zero-order valence-corrected chi connectivity index (χ0v) is 10.6. The number of hydrogen-bond donors (Lipinski definition) is 1. The summed E-state index contributed by atoms with van der Waals surface area (Å²) in [5, 5.41) is 9.91. The summed E-state index contributed by atoms with van der Waals surface area (Å²) >= 11 is 11.7. The number of rotatable bonds is 4. The average Bonchev–Trinajstić information content (AvgIpc) is 2.22. The van der Waals surface area contributed by atoms with Crippen LogP contribution in [0.15, 0.2) is 18.2 Å². The van der Waals surface area contributed by atoms with Crippen LogP contribution in [-0.4, -0.2) is 24.2 Å². The van der Waals surface area contributed by atoms with Gasteiger partial charge in [0.1, 0.15) is 6.04 Å². The Balaban J connectivity index is 2.99. The molecule has 0 heterocycles. The fraction of sp³-hybridized carbons (Fsp3) is 0.364. The lowest BCUT2D eigenvalue weighted by atomic mass is 10.2. The maximum atomic E-state index is 11.0. The number of hydrogen-bond acceptors (Lipinski definition) is 2. The van der Waals surface area contributed by atoms with E-state index in [4.69, 9.17) is 28.3 Å². The molecular weight excluding hydrogens is 249 g/mol. The third-order valence-corrected chi connectivity index (χ3v) is 3.19.